The molecule has 0 unspecified atom stereocenters. The summed E-state index contributed by atoms with van der Waals surface area (Å²) in [5.41, 5.74) is 1.16. The highest BCUT2D eigenvalue weighted by Crippen LogP contribution is 2.33. The number of amides is 1. The Morgan fingerprint density at radius 1 is 1.24 bits per heavy atom. The second kappa shape index (κ2) is 6.11. The first kappa shape index (κ1) is 15.3. The number of hydrogen-bond donors (Lipinski definition) is 1. The van der Waals surface area contributed by atoms with Crippen LogP contribution in [0.5, 0.6) is 0 Å². The molecule has 0 aromatic heterocycles. The molecule has 2 rings (SSSR count). The Labute approximate surface area is 130 Å². The zero-order valence-corrected chi connectivity index (χ0v) is 12.4. The molecular formula is C14H10Cl2N2O3. The van der Waals surface area contributed by atoms with Crippen molar-refractivity contribution >= 4 is 40.5 Å². The van der Waals surface area contributed by atoms with Crippen LogP contribution in [0.3, 0.4) is 0 Å². The number of anilines is 1. The van der Waals surface area contributed by atoms with Crippen molar-refractivity contribution in [3.63, 3.8) is 0 Å². The van der Waals surface area contributed by atoms with Crippen molar-refractivity contribution in [2.75, 3.05) is 5.32 Å². The molecule has 0 aliphatic rings. The number of para-hydroxylation sites is 1. The van der Waals surface area contributed by atoms with Gasteiger partial charge in [-0.15, -0.1) is 0 Å². The molecule has 0 heterocycles. The van der Waals surface area contributed by atoms with Crippen molar-refractivity contribution in [3.05, 3.63) is 67.7 Å². The zero-order valence-electron chi connectivity index (χ0n) is 10.9. The van der Waals surface area contributed by atoms with Crippen LogP contribution >= 0.6 is 23.2 Å². The number of carbonyl (C=O) groups excluding carboxylic acids is 1. The average molecular weight is 325 g/mol. The van der Waals surface area contributed by atoms with E-state index >= 15 is 0 Å². The molecule has 2 aromatic carbocycles. The van der Waals surface area contributed by atoms with Crippen LogP contribution in [-0.4, -0.2) is 10.8 Å². The van der Waals surface area contributed by atoms with Gasteiger partial charge >= 0.3 is 0 Å². The second-order valence-electron chi connectivity index (χ2n) is 4.32. The molecule has 0 atom stereocenters. The van der Waals surface area contributed by atoms with Crippen LogP contribution in [0.15, 0.2) is 36.4 Å². The highest BCUT2D eigenvalue weighted by atomic mass is 35.5. The molecule has 0 radical (unpaired) electrons. The number of aryl methyl sites for hydroxylation is 1. The molecule has 7 heteroatoms. The van der Waals surface area contributed by atoms with Gasteiger partial charge in [0.05, 0.1) is 9.95 Å². The summed E-state index contributed by atoms with van der Waals surface area (Å²) in [6, 6.07) is 9.59. The topological polar surface area (TPSA) is 72.2 Å². The average Bonchev–Trinajstić information content (AvgIpc) is 2.43. The first-order chi connectivity index (χ1) is 9.90. The van der Waals surface area contributed by atoms with Gasteiger partial charge in [-0.3, -0.25) is 14.9 Å². The monoisotopic (exact) mass is 324 g/mol. The summed E-state index contributed by atoms with van der Waals surface area (Å²) < 4.78 is 0. The zero-order chi connectivity index (χ0) is 15.6. The van der Waals surface area contributed by atoms with Crippen LogP contribution in [-0.2, 0) is 0 Å². The minimum absolute atomic E-state index is 0.0409. The van der Waals surface area contributed by atoms with Crippen LogP contribution < -0.4 is 5.32 Å². The van der Waals surface area contributed by atoms with Gasteiger partial charge in [0.25, 0.3) is 11.6 Å². The number of nitro groups is 1. The van der Waals surface area contributed by atoms with Gasteiger partial charge < -0.3 is 5.32 Å². The molecule has 0 fully saturated rings. The maximum absolute atomic E-state index is 12.2. The number of nitro benzene ring substituents is 1. The van der Waals surface area contributed by atoms with Crippen molar-refractivity contribution in [1.82, 2.24) is 0 Å². The van der Waals surface area contributed by atoms with Crippen molar-refractivity contribution in [2.45, 2.75) is 6.92 Å². The van der Waals surface area contributed by atoms with E-state index in [4.69, 9.17) is 23.2 Å². The molecule has 0 saturated carbocycles. The van der Waals surface area contributed by atoms with E-state index in [-0.39, 0.29) is 15.6 Å². The SMILES string of the molecule is Cc1ccccc1NC(=O)c1cc(Cl)c(Cl)c([N+](=O)[O-])c1. The number of rotatable bonds is 3. The maximum Gasteiger partial charge on any atom is 0.290 e. The van der Waals surface area contributed by atoms with Gasteiger partial charge in [0, 0.05) is 17.3 Å². The number of nitrogens with zero attached hydrogens (tertiary/aromatic N) is 1. The first-order valence-electron chi connectivity index (χ1n) is 5.90. The molecule has 0 bridgehead atoms. The molecule has 0 aliphatic heterocycles. The summed E-state index contributed by atoms with van der Waals surface area (Å²) in [6.45, 7) is 1.84. The molecule has 0 aliphatic carbocycles. The third-order valence-electron chi connectivity index (χ3n) is 2.86. The molecule has 1 amide bonds. The molecule has 2 aromatic rings. The van der Waals surface area contributed by atoms with Gasteiger partial charge in [-0.25, -0.2) is 0 Å². The summed E-state index contributed by atoms with van der Waals surface area (Å²) >= 11 is 11.6. The number of benzene rings is 2. The van der Waals surface area contributed by atoms with Crippen LogP contribution in [0.4, 0.5) is 11.4 Å². The molecule has 108 valence electrons. The Morgan fingerprint density at radius 2 is 1.90 bits per heavy atom. The van der Waals surface area contributed by atoms with Gasteiger partial charge in [0.15, 0.2) is 0 Å². The number of hydrogen-bond acceptors (Lipinski definition) is 3. The predicted octanol–water partition coefficient (Wildman–Crippen LogP) is 4.46. The number of carbonyl (C=O) groups is 1. The molecule has 1 N–H and O–H groups in total. The highest BCUT2D eigenvalue weighted by Gasteiger charge is 2.20. The second-order valence-corrected chi connectivity index (χ2v) is 5.10. The largest absolute Gasteiger partial charge is 0.322 e. The van der Waals surface area contributed by atoms with Gasteiger partial charge in [0.1, 0.15) is 5.02 Å². The van der Waals surface area contributed by atoms with Crippen LogP contribution in [0, 0.1) is 17.0 Å². The fourth-order valence-corrected chi connectivity index (χ4v) is 2.14. The van der Waals surface area contributed by atoms with Crippen molar-refractivity contribution in [1.29, 1.82) is 0 Å². The smallest absolute Gasteiger partial charge is 0.290 e. The number of halogens is 2. The van der Waals surface area contributed by atoms with Gasteiger partial charge in [-0.05, 0) is 24.6 Å². The minimum Gasteiger partial charge on any atom is -0.322 e. The fourth-order valence-electron chi connectivity index (χ4n) is 1.75. The lowest BCUT2D eigenvalue weighted by Crippen LogP contribution is -2.13. The van der Waals surface area contributed by atoms with E-state index < -0.39 is 16.5 Å². The van der Waals surface area contributed by atoms with E-state index in [1.54, 1.807) is 12.1 Å². The molecule has 5 nitrogen and oxygen atoms in total. The molecule has 0 saturated heterocycles. The quantitative estimate of drug-likeness (QED) is 0.669. The summed E-state index contributed by atoms with van der Waals surface area (Å²) in [4.78, 5) is 22.4. The third kappa shape index (κ3) is 3.32. The minimum atomic E-state index is -0.682. The Balaban J connectivity index is 2.36. The third-order valence-corrected chi connectivity index (χ3v) is 3.65. The summed E-state index contributed by atoms with van der Waals surface area (Å²) in [5, 5.41) is 13.3. The van der Waals surface area contributed by atoms with E-state index in [1.165, 1.54) is 6.07 Å². The Bertz CT molecular complexity index is 732. The van der Waals surface area contributed by atoms with Crippen molar-refractivity contribution in [2.24, 2.45) is 0 Å². The normalized spacial score (nSPS) is 10.2. The lowest BCUT2D eigenvalue weighted by atomic mass is 10.1. The fraction of sp³-hybridized carbons (Fsp3) is 0.0714. The highest BCUT2D eigenvalue weighted by molar-refractivity contribution is 6.43. The Hall–Kier alpha value is -2.11. The molecular weight excluding hydrogens is 315 g/mol. The summed E-state index contributed by atoms with van der Waals surface area (Å²) in [6.07, 6.45) is 0. The van der Waals surface area contributed by atoms with E-state index in [0.29, 0.717) is 5.69 Å². The van der Waals surface area contributed by atoms with Crippen LogP contribution in [0.25, 0.3) is 0 Å². The maximum atomic E-state index is 12.2. The van der Waals surface area contributed by atoms with Gasteiger partial charge in [0.2, 0.25) is 0 Å². The predicted molar refractivity (Wildman–Crippen MR) is 82.2 cm³/mol. The van der Waals surface area contributed by atoms with Crippen LogP contribution in [0.1, 0.15) is 15.9 Å². The molecule has 21 heavy (non-hydrogen) atoms. The van der Waals surface area contributed by atoms with Crippen molar-refractivity contribution < 1.29 is 9.72 Å². The lowest BCUT2D eigenvalue weighted by molar-refractivity contribution is -0.384. The van der Waals surface area contributed by atoms with Gasteiger partial charge in [-0.2, -0.15) is 0 Å². The lowest BCUT2D eigenvalue weighted by Gasteiger charge is -2.09. The summed E-state index contributed by atoms with van der Waals surface area (Å²) in [7, 11) is 0. The van der Waals surface area contributed by atoms with Gasteiger partial charge in [-0.1, -0.05) is 41.4 Å². The standard InChI is InChI=1S/C14H10Cl2N2O3/c1-8-4-2-3-5-11(8)17-14(19)9-6-10(15)13(16)12(7-9)18(20)21/h2-7H,1H3,(H,17,19). The Morgan fingerprint density at radius 3 is 2.52 bits per heavy atom. The van der Waals surface area contributed by atoms with E-state index in [2.05, 4.69) is 5.32 Å². The van der Waals surface area contributed by atoms with Crippen molar-refractivity contribution in [3.8, 4) is 0 Å². The van der Waals surface area contributed by atoms with E-state index in [1.807, 2.05) is 19.1 Å². The number of nitrogens with one attached hydrogen (secondary N) is 1. The summed E-state index contributed by atoms with van der Waals surface area (Å²) in [5.74, 6) is -0.494. The first-order valence-corrected chi connectivity index (χ1v) is 6.66. The van der Waals surface area contributed by atoms with E-state index in [9.17, 15) is 14.9 Å². The molecule has 0 spiro atoms. The van der Waals surface area contributed by atoms with E-state index in [0.717, 1.165) is 11.6 Å². The van der Waals surface area contributed by atoms with Crippen LogP contribution in [0.2, 0.25) is 10.0 Å². The Kier molecular flexibility index (Phi) is 4.45.